The van der Waals surface area contributed by atoms with Crippen LogP contribution in [-0.4, -0.2) is 37.3 Å². The Bertz CT molecular complexity index is 838. The smallest absolute Gasteiger partial charge is 0.257 e. The van der Waals surface area contributed by atoms with Gasteiger partial charge in [-0.3, -0.25) is 10.1 Å². The van der Waals surface area contributed by atoms with Crippen LogP contribution in [0.3, 0.4) is 0 Å². The number of nitrogens with one attached hydrogen (secondary N) is 2. The van der Waals surface area contributed by atoms with Gasteiger partial charge in [0, 0.05) is 18.7 Å². The Kier molecular flexibility index (Phi) is 6.31. The van der Waals surface area contributed by atoms with E-state index >= 15 is 0 Å². The van der Waals surface area contributed by atoms with Crippen molar-refractivity contribution in [2.45, 2.75) is 26.2 Å². The number of benzene rings is 2. The van der Waals surface area contributed by atoms with E-state index in [9.17, 15) is 4.79 Å². The number of carbonyl (C=O) groups excluding carboxylic acids is 1. The summed E-state index contributed by atoms with van der Waals surface area (Å²) < 4.78 is 5.43. The summed E-state index contributed by atoms with van der Waals surface area (Å²) in [5, 5.41) is 6.22. The van der Waals surface area contributed by atoms with Gasteiger partial charge in [-0.05, 0) is 47.5 Å². The number of morpholine rings is 1. The molecule has 0 atom stereocenters. The summed E-state index contributed by atoms with van der Waals surface area (Å²) in [5.41, 5.74) is 3.74. The number of anilines is 2. The summed E-state index contributed by atoms with van der Waals surface area (Å²) >= 11 is 5.37. The molecule has 1 saturated heterocycles. The van der Waals surface area contributed by atoms with Crippen LogP contribution >= 0.6 is 12.2 Å². The van der Waals surface area contributed by atoms with E-state index < -0.39 is 0 Å². The maximum Gasteiger partial charge on any atom is 0.257 e. The van der Waals surface area contributed by atoms with E-state index in [4.69, 9.17) is 17.0 Å². The highest BCUT2D eigenvalue weighted by Crippen LogP contribution is 2.26. The van der Waals surface area contributed by atoms with Crippen LogP contribution in [-0.2, 0) is 10.2 Å². The molecule has 28 heavy (non-hydrogen) atoms. The normalized spacial score (nSPS) is 14.5. The topological polar surface area (TPSA) is 53.6 Å². The summed E-state index contributed by atoms with van der Waals surface area (Å²) in [4.78, 5) is 14.8. The highest BCUT2D eigenvalue weighted by atomic mass is 32.1. The Morgan fingerprint density at radius 3 is 2.32 bits per heavy atom. The zero-order valence-electron chi connectivity index (χ0n) is 16.6. The monoisotopic (exact) mass is 397 g/mol. The maximum atomic E-state index is 12.5. The number of rotatable bonds is 3. The number of hydrogen-bond acceptors (Lipinski definition) is 4. The molecular formula is C22H27N3O2S. The molecule has 1 aliphatic heterocycles. The lowest BCUT2D eigenvalue weighted by atomic mass is 9.87. The molecule has 1 heterocycles. The van der Waals surface area contributed by atoms with Crippen LogP contribution in [0.15, 0.2) is 48.5 Å². The third kappa shape index (κ3) is 5.09. The summed E-state index contributed by atoms with van der Waals surface area (Å²) in [6.45, 7) is 9.52. The first-order valence-electron chi connectivity index (χ1n) is 9.49. The highest BCUT2D eigenvalue weighted by molar-refractivity contribution is 7.80. The minimum atomic E-state index is -0.221. The van der Waals surface area contributed by atoms with E-state index in [1.807, 2.05) is 48.5 Å². The Labute approximate surface area is 172 Å². The quantitative estimate of drug-likeness (QED) is 0.768. The molecule has 0 bridgehead atoms. The van der Waals surface area contributed by atoms with Crippen molar-refractivity contribution in [2.24, 2.45) is 0 Å². The van der Waals surface area contributed by atoms with Crippen molar-refractivity contribution >= 4 is 34.6 Å². The van der Waals surface area contributed by atoms with Crippen LogP contribution in [0.5, 0.6) is 0 Å². The van der Waals surface area contributed by atoms with Gasteiger partial charge in [0.05, 0.1) is 24.6 Å². The van der Waals surface area contributed by atoms with Gasteiger partial charge in [-0.2, -0.15) is 0 Å². The predicted octanol–water partition coefficient (Wildman–Crippen LogP) is 3.95. The van der Waals surface area contributed by atoms with Crippen molar-refractivity contribution in [1.29, 1.82) is 0 Å². The first kappa shape index (κ1) is 20.3. The van der Waals surface area contributed by atoms with Crippen molar-refractivity contribution in [3.05, 3.63) is 59.7 Å². The number of para-hydroxylation sites is 2. The molecule has 2 aromatic rings. The molecule has 1 aliphatic rings. The van der Waals surface area contributed by atoms with E-state index in [2.05, 4.69) is 36.3 Å². The van der Waals surface area contributed by atoms with E-state index in [-0.39, 0.29) is 16.4 Å². The predicted molar refractivity (Wildman–Crippen MR) is 118 cm³/mol. The lowest BCUT2D eigenvalue weighted by Crippen LogP contribution is -2.38. The second-order valence-electron chi connectivity index (χ2n) is 7.85. The Morgan fingerprint density at radius 2 is 1.68 bits per heavy atom. The summed E-state index contributed by atoms with van der Waals surface area (Å²) in [6, 6.07) is 15.6. The van der Waals surface area contributed by atoms with Gasteiger partial charge in [-0.1, -0.05) is 45.0 Å². The van der Waals surface area contributed by atoms with Gasteiger partial charge in [0.25, 0.3) is 5.91 Å². The second-order valence-corrected chi connectivity index (χ2v) is 8.26. The molecule has 0 radical (unpaired) electrons. The summed E-state index contributed by atoms with van der Waals surface area (Å²) in [6.07, 6.45) is 0. The van der Waals surface area contributed by atoms with Gasteiger partial charge in [-0.25, -0.2) is 0 Å². The molecule has 0 spiro atoms. The standard InChI is InChI=1S/C22H27N3O2S/c1-22(2,3)17-10-8-16(9-11-17)20(26)24-21(28)23-18-6-4-5-7-19(18)25-12-14-27-15-13-25/h4-11H,12-15H2,1-3H3,(H2,23,24,26,28). The van der Waals surface area contributed by atoms with Crippen molar-refractivity contribution < 1.29 is 9.53 Å². The molecule has 148 valence electrons. The maximum absolute atomic E-state index is 12.5. The molecule has 0 saturated carbocycles. The third-order valence-electron chi connectivity index (χ3n) is 4.74. The molecule has 0 unspecified atom stereocenters. The average molecular weight is 398 g/mol. The Balaban J connectivity index is 1.65. The summed E-state index contributed by atoms with van der Waals surface area (Å²) in [7, 11) is 0. The van der Waals surface area contributed by atoms with E-state index in [1.54, 1.807) is 0 Å². The molecule has 1 amide bonds. The molecule has 1 fully saturated rings. The largest absolute Gasteiger partial charge is 0.378 e. The number of thiocarbonyl (C=S) groups is 1. The van der Waals surface area contributed by atoms with Crippen LogP contribution in [0.4, 0.5) is 11.4 Å². The molecule has 0 aromatic heterocycles. The first-order valence-corrected chi connectivity index (χ1v) is 9.90. The van der Waals surface area contributed by atoms with Crippen molar-refractivity contribution in [1.82, 2.24) is 5.32 Å². The Morgan fingerprint density at radius 1 is 1.04 bits per heavy atom. The molecule has 2 aromatic carbocycles. The van der Waals surface area contributed by atoms with E-state index in [1.165, 1.54) is 5.56 Å². The van der Waals surface area contributed by atoms with Crippen LogP contribution in [0, 0.1) is 0 Å². The summed E-state index contributed by atoms with van der Waals surface area (Å²) in [5.74, 6) is -0.221. The SMILES string of the molecule is CC(C)(C)c1ccc(C(=O)NC(=S)Nc2ccccc2N2CCOCC2)cc1. The van der Waals surface area contributed by atoms with Gasteiger partial charge in [0.1, 0.15) is 0 Å². The fourth-order valence-electron chi connectivity index (χ4n) is 3.11. The van der Waals surface area contributed by atoms with Crippen LogP contribution < -0.4 is 15.5 Å². The third-order valence-corrected chi connectivity index (χ3v) is 4.95. The van der Waals surface area contributed by atoms with Crippen molar-refractivity contribution in [2.75, 3.05) is 36.5 Å². The minimum absolute atomic E-state index is 0.0507. The Hall–Kier alpha value is -2.44. The molecule has 3 rings (SSSR count). The highest BCUT2D eigenvalue weighted by Gasteiger charge is 2.17. The number of ether oxygens (including phenoxy) is 1. The van der Waals surface area contributed by atoms with Crippen LogP contribution in [0.25, 0.3) is 0 Å². The van der Waals surface area contributed by atoms with Crippen molar-refractivity contribution in [3.63, 3.8) is 0 Å². The minimum Gasteiger partial charge on any atom is -0.378 e. The number of amides is 1. The second kappa shape index (κ2) is 8.71. The number of carbonyl (C=O) groups is 1. The van der Waals surface area contributed by atoms with Gasteiger partial charge in [0.2, 0.25) is 0 Å². The molecular weight excluding hydrogens is 370 g/mol. The van der Waals surface area contributed by atoms with Crippen LogP contribution in [0.1, 0.15) is 36.7 Å². The molecule has 2 N–H and O–H groups in total. The van der Waals surface area contributed by atoms with E-state index in [0.29, 0.717) is 18.8 Å². The van der Waals surface area contributed by atoms with Gasteiger partial charge >= 0.3 is 0 Å². The average Bonchev–Trinajstić information content (AvgIpc) is 2.68. The lowest BCUT2D eigenvalue weighted by Gasteiger charge is -2.30. The number of hydrogen-bond donors (Lipinski definition) is 2. The lowest BCUT2D eigenvalue weighted by molar-refractivity contribution is 0.0977. The molecule has 6 heteroatoms. The first-order chi connectivity index (χ1) is 13.3. The fraction of sp³-hybridized carbons (Fsp3) is 0.364. The van der Waals surface area contributed by atoms with Gasteiger partial charge in [0.15, 0.2) is 5.11 Å². The zero-order valence-corrected chi connectivity index (χ0v) is 17.4. The van der Waals surface area contributed by atoms with Gasteiger partial charge < -0.3 is 15.0 Å². The molecule has 0 aliphatic carbocycles. The van der Waals surface area contributed by atoms with Gasteiger partial charge in [-0.15, -0.1) is 0 Å². The zero-order chi connectivity index (χ0) is 20.1. The fourth-order valence-corrected chi connectivity index (χ4v) is 3.31. The van der Waals surface area contributed by atoms with Crippen LogP contribution in [0.2, 0.25) is 0 Å². The van der Waals surface area contributed by atoms with E-state index in [0.717, 1.165) is 24.5 Å². The molecule has 5 nitrogen and oxygen atoms in total. The van der Waals surface area contributed by atoms with Crippen molar-refractivity contribution in [3.8, 4) is 0 Å². The number of nitrogens with zero attached hydrogens (tertiary/aromatic N) is 1.